The van der Waals surface area contributed by atoms with Gasteiger partial charge in [-0.25, -0.2) is 9.78 Å². The molecule has 0 radical (unpaired) electrons. The number of H-pyrrole nitrogens is 1. The number of hydrogen-bond acceptors (Lipinski definition) is 8. The summed E-state index contributed by atoms with van der Waals surface area (Å²) in [5, 5.41) is 9.43. The highest BCUT2D eigenvalue weighted by molar-refractivity contribution is 5.89. The molecule has 1 unspecified atom stereocenters. The number of nitrogens with zero attached hydrogens (tertiary/aromatic N) is 1. The molecule has 43 heavy (non-hydrogen) atoms. The van der Waals surface area contributed by atoms with Crippen LogP contribution in [-0.2, 0) is 25.5 Å². The van der Waals surface area contributed by atoms with Crippen molar-refractivity contribution in [2.24, 2.45) is 0 Å². The molecule has 0 saturated carbocycles. The van der Waals surface area contributed by atoms with Crippen LogP contribution in [0.3, 0.4) is 0 Å². The number of anilines is 2. The molecule has 0 saturated heterocycles. The van der Waals surface area contributed by atoms with Crippen molar-refractivity contribution in [1.29, 1.82) is 0 Å². The summed E-state index contributed by atoms with van der Waals surface area (Å²) in [5.41, 5.74) is 5.37. The van der Waals surface area contributed by atoms with Crippen molar-refractivity contribution < 1.29 is 23.9 Å². The predicted molar refractivity (Wildman–Crippen MR) is 162 cm³/mol. The van der Waals surface area contributed by atoms with Crippen molar-refractivity contribution in [1.82, 2.24) is 15.3 Å². The minimum Gasteiger partial charge on any atom is -0.466 e. The number of hydrogen-bond donors (Lipinski definition) is 4. The molecular weight excluding hydrogens is 550 g/mol. The van der Waals surface area contributed by atoms with Crippen LogP contribution in [0.15, 0.2) is 65.7 Å². The molecule has 0 aliphatic carbocycles. The Kier molecular flexibility index (Phi) is 8.70. The van der Waals surface area contributed by atoms with E-state index in [1.807, 2.05) is 26.0 Å². The largest absolute Gasteiger partial charge is 0.466 e. The molecule has 6 rings (SSSR count). The van der Waals surface area contributed by atoms with Crippen LogP contribution in [0.2, 0.25) is 0 Å². The Morgan fingerprint density at radius 3 is 2.60 bits per heavy atom. The monoisotopic (exact) mass is 583 g/mol. The molecule has 3 aromatic carbocycles. The SMILES string of the molecule is CCOC(=O)CC1NC(=O)[C@H](Nc2ccc3nc[nH]c(=O)c3c2)c2cc(C)c(c(C)c2)CCOC(=O)Nc2cccc1c2. The predicted octanol–water partition coefficient (Wildman–Crippen LogP) is 4.61. The minimum atomic E-state index is -0.892. The summed E-state index contributed by atoms with van der Waals surface area (Å²) in [7, 11) is 0. The maximum Gasteiger partial charge on any atom is 0.411 e. The number of aryl methyl sites for hydroxylation is 2. The second-order valence-corrected chi connectivity index (χ2v) is 10.4. The van der Waals surface area contributed by atoms with E-state index in [0.29, 0.717) is 39.8 Å². The van der Waals surface area contributed by atoms with Gasteiger partial charge in [-0.1, -0.05) is 24.3 Å². The lowest BCUT2D eigenvalue weighted by Crippen LogP contribution is -2.37. The summed E-state index contributed by atoms with van der Waals surface area (Å²) < 4.78 is 10.6. The summed E-state index contributed by atoms with van der Waals surface area (Å²) in [5.74, 6) is -0.882. The Hall–Kier alpha value is -5.19. The normalized spacial score (nSPS) is 17.1. The molecule has 0 spiro atoms. The Labute approximate surface area is 248 Å². The summed E-state index contributed by atoms with van der Waals surface area (Å²) in [4.78, 5) is 58.5. The quantitative estimate of drug-likeness (QED) is 0.249. The van der Waals surface area contributed by atoms with Gasteiger partial charge in [0.1, 0.15) is 6.04 Å². The molecule has 0 fully saturated rings. The number of rotatable bonds is 5. The van der Waals surface area contributed by atoms with Gasteiger partial charge in [-0.05, 0) is 78.9 Å². The van der Waals surface area contributed by atoms with E-state index >= 15 is 0 Å². The third-order valence-electron chi connectivity index (χ3n) is 7.38. The van der Waals surface area contributed by atoms with Crippen molar-refractivity contribution in [3.8, 4) is 0 Å². The lowest BCUT2D eigenvalue weighted by molar-refractivity contribution is -0.143. The number of ether oxygens (including phenoxy) is 2. The van der Waals surface area contributed by atoms with E-state index in [2.05, 4.69) is 25.9 Å². The number of amides is 2. The Morgan fingerprint density at radius 1 is 1.05 bits per heavy atom. The van der Waals surface area contributed by atoms with Crippen molar-refractivity contribution in [2.45, 2.75) is 45.7 Å². The fraction of sp³-hybridized carbons (Fsp3) is 0.281. The van der Waals surface area contributed by atoms with Gasteiger partial charge in [-0.15, -0.1) is 0 Å². The van der Waals surface area contributed by atoms with E-state index in [4.69, 9.17) is 9.47 Å². The average Bonchev–Trinajstić information content (AvgIpc) is 2.97. The molecule has 3 heterocycles. The minimum absolute atomic E-state index is 0.131. The van der Waals surface area contributed by atoms with E-state index in [9.17, 15) is 19.2 Å². The smallest absolute Gasteiger partial charge is 0.411 e. The number of carbonyl (C=O) groups excluding carboxylic acids is 3. The highest BCUT2D eigenvalue weighted by Gasteiger charge is 2.27. The molecule has 2 aliphatic rings. The molecular formula is C32H33N5O6. The Balaban J connectivity index is 1.59. The van der Waals surface area contributed by atoms with Gasteiger partial charge < -0.3 is 25.1 Å². The second-order valence-electron chi connectivity index (χ2n) is 10.4. The third kappa shape index (κ3) is 6.83. The lowest BCUT2D eigenvalue weighted by atomic mass is 9.93. The summed E-state index contributed by atoms with van der Waals surface area (Å²) >= 11 is 0. The van der Waals surface area contributed by atoms with Gasteiger partial charge in [-0.3, -0.25) is 19.7 Å². The van der Waals surface area contributed by atoms with E-state index in [1.54, 1.807) is 49.4 Å². The molecule has 11 heteroatoms. The van der Waals surface area contributed by atoms with E-state index in [1.165, 1.54) is 6.33 Å². The van der Waals surface area contributed by atoms with Crippen molar-refractivity contribution in [2.75, 3.05) is 23.8 Å². The van der Waals surface area contributed by atoms with Gasteiger partial charge in [0.15, 0.2) is 0 Å². The molecule has 222 valence electrons. The summed E-state index contributed by atoms with van der Waals surface area (Å²) in [6.07, 6.45) is 1.11. The standard InChI is InChI=1S/C32H33N5O6/c1-4-42-28(38)16-27-20-6-5-7-22(14-20)36-32(41)43-11-10-24-18(2)12-21(13-19(24)3)29(31(40)37-27)35-23-8-9-26-25(15-23)30(39)34-17-33-26/h5-9,12-15,17,27,29,35H,4,10-11,16H2,1-3H3,(H,36,41)(H,37,40)(H,33,34,39)/t27?,29-/m1/s1. The molecule has 4 N–H and O–H groups in total. The average molecular weight is 584 g/mol. The maximum absolute atomic E-state index is 14.2. The first kappa shape index (κ1) is 29.3. The molecule has 11 nitrogen and oxygen atoms in total. The third-order valence-corrected chi connectivity index (χ3v) is 7.38. The van der Waals surface area contributed by atoms with Gasteiger partial charge in [0.25, 0.3) is 5.56 Å². The second kappa shape index (κ2) is 12.8. The molecule has 2 aliphatic heterocycles. The maximum atomic E-state index is 14.2. The summed E-state index contributed by atoms with van der Waals surface area (Å²) in [6, 6.07) is 14.2. The molecule has 1 aromatic heterocycles. The van der Waals surface area contributed by atoms with Crippen molar-refractivity contribution >= 4 is 40.2 Å². The van der Waals surface area contributed by atoms with Crippen molar-refractivity contribution in [3.05, 3.63) is 99.1 Å². The van der Waals surface area contributed by atoms with E-state index in [-0.39, 0.29) is 25.2 Å². The topological polar surface area (TPSA) is 152 Å². The fourth-order valence-electron chi connectivity index (χ4n) is 5.34. The number of benzene rings is 3. The highest BCUT2D eigenvalue weighted by atomic mass is 16.5. The number of aromatic nitrogens is 2. The van der Waals surface area contributed by atoms with Crippen LogP contribution >= 0.6 is 0 Å². The van der Waals surface area contributed by atoms with Crippen LogP contribution in [0.4, 0.5) is 16.2 Å². The zero-order valence-electron chi connectivity index (χ0n) is 24.2. The van der Waals surface area contributed by atoms with Crippen LogP contribution in [0, 0.1) is 13.8 Å². The van der Waals surface area contributed by atoms with Crippen LogP contribution in [0.1, 0.15) is 53.2 Å². The van der Waals surface area contributed by atoms with Crippen LogP contribution in [0.5, 0.6) is 0 Å². The number of fused-ring (bicyclic) bond motifs is 10. The van der Waals surface area contributed by atoms with Gasteiger partial charge in [-0.2, -0.15) is 0 Å². The molecule has 4 bridgehead atoms. The van der Waals surface area contributed by atoms with Gasteiger partial charge in [0, 0.05) is 17.8 Å². The molecule has 4 aromatic rings. The number of nitrogens with one attached hydrogen (secondary N) is 4. The summed E-state index contributed by atoms with van der Waals surface area (Å²) in [6.45, 7) is 5.96. The number of carbonyl (C=O) groups is 3. The molecule has 2 atom stereocenters. The van der Waals surface area contributed by atoms with Crippen molar-refractivity contribution in [3.63, 3.8) is 0 Å². The fourth-order valence-corrected chi connectivity index (χ4v) is 5.34. The lowest BCUT2D eigenvalue weighted by Gasteiger charge is -2.26. The van der Waals surface area contributed by atoms with Gasteiger partial charge in [0.05, 0.1) is 42.9 Å². The van der Waals surface area contributed by atoms with Gasteiger partial charge in [0.2, 0.25) is 5.91 Å². The first-order valence-corrected chi connectivity index (χ1v) is 14.1. The first-order chi connectivity index (χ1) is 20.7. The van der Waals surface area contributed by atoms with Crippen LogP contribution in [0.25, 0.3) is 10.9 Å². The highest BCUT2D eigenvalue weighted by Crippen LogP contribution is 2.29. The zero-order valence-corrected chi connectivity index (χ0v) is 24.2. The Bertz CT molecular complexity index is 1730. The van der Waals surface area contributed by atoms with E-state index in [0.717, 1.165) is 16.7 Å². The number of esters is 1. The Morgan fingerprint density at radius 2 is 1.84 bits per heavy atom. The van der Waals surface area contributed by atoms with Gasteiger partial charge >= 0.3 is 12.1 Å². The van der Waals surface area contributed by atoms with Crippen LogP contribution < -0.4 is 21.5 Å². The van der Waals surface area contributed by atoms with E-state index < -0.39 is 30.1 Å². The number of aromatic amines is 1. The first-order valence-electron chi connectivity index (χ1n) is 14.1. The zero-order chi connectivity index (χ0) is 30.5. The molecule has 2 amide bonds. The van der Waals surface area contributed by atoms with Crippen LogP contribution in [-0.4, -0.2) is 41.2 Å².